The third-order valence-electron chi connectivity index (χ3n) is 5.20. The van der Waals surface area contributed by atoms with Crippen molar-refractivity contribution in [2.24, 2.45) is 0 Å². The van der Waals surface area contributed by atoms with Gasteiger partial charge in [0.25, 0.3) is 5.91 Å². The summed E-state index contributed by atoms with van der Waals surface area (Å²) in [5.74, 6) is 0.935. The maximum Gasteiger partial charge on any atom is 0.253 e. The van der Waals surface area contributed by atoms with Gasteiger partial charge in [-0.2, -0.15) is 5.10 Å². The number of hydrogen-bond acceptors (Lipinski definition) is 4. The Balaban J connectivity index is 1.39. The number of nitrogens with zero attached hydrogens (tertiary/aromatic N) is 4. The van der Waals surface area contributed by atoms with Gasteiger partial charge in [0.1, 0.15) is 5.75 Å². The monoisotopic (exact) mass is 376 g/mol. The van der Waals surface area contributed by atoms with Gasteiger partial charge in [0.15, 0.2) is 0 Å². The van der Waals surface area contributed by atoms with Gasteiger partial charge >= 0.3 is 0 Å². The highest BCUT2D eigenvalue weighted by Gasteiger charge is 2.22. The van der Waals surface area contributed by atoms with Crippen LogP contribution in [0, 0.1) is 6.92 Å². The van der Waals surface area contributed by atoms with Crippen molar-refractivity contribution in [3.05, 3.63) is 72.1 Å². The Morgan fingerprint density at radius 1 is 0.893 bits per heavy atom. The second kappa shape index (κ2) is 7.76. The number of anilines is 1. The summed E-state index contributed by atoms with van der Waals surface area (Å²) in [5, 5.41) is 4.31. The number of carbonyl (C=O) groups excluding carboxylic acids is 1. The summed E-state index contributed by atoms with van der Waals surface area (Å²) in [6.45, 7) is 5.08. The molecule has 144 valence electrons. The summed E-state index contributed by atoms with van der Waals surface area (Å²) in [5.41, 5.74) is 3.90. The molecule has 1 aliphatic heterocycles. The third-order valence-corrected chi connectivity index (χ3v) is 5.20. The van der Waals surface area contributed by atoms with Gasteiger partial charge in [0, 0.05) is 49.3 Å². The molecule has 0 atom stereocenters. The highest BCUT2D eigenvalue weighted by molar-refractivity contribution is 5.94. The molecule has 6 heteroatoms. The smallest absolute Gasteiger partial charge is 0.253 e. The normalized spacial score (nSPS) is 14.2. The van der Waals surface area contributed by atoms with Gasteiger partial charge in [-0.3, -0.25) is 4.79 Å². The molecule has 1 aliphatic rings. The molecule has 2 aromatic carbocycles. The van der Waals surface area contributed by atoms with E-state index in [-0.39, 0.29) is 5.91 Å². The van der Waals surface area contributed by atoms with Crippen LogP contribution >= 0.6 is 0 Å². The Morgan fingerprint density at radius 2 is 1.54 bits per heavy atom. The van der Waals surface area contributed by atoms with Gasteiger partial charge in [-0.1, -0.05) is 0 Å². The molecule has 1 aromatic heterocycles. The first-order valence-electron chi connectivity index (χ1n) is 9.45. The van der Waals surface area contributed by atoms with E-state index in [4.69, 9.17) is 4.74 Å². The molecule has 0 aliphatic carbocycles. The highest BCUT2D eigenvalue weighted by Crippen LogP contribution is 2.21. The summed E-state index contributed by atoms with van der Waals surface area (Å²) in [6, 6.07) is 17.7. The van der Waals surface area contributed by atoms with Crippen molar-refractivity contribution >= 4 is 11.6 Å². The van der Waals surface area contributed by atoms with E-state index in [1.165, 1.54) is 0 Å². The fraction of sp³-hybridized carbons (Fsp3) is 0.273. The third kappa shape index (κ3) is 3.58. The first kappa shape index (κ1) is 18.1. The lowest BCUT2D eigenvalue weighted by Gasteiger charge is -2.36. The minimum absolute atomic E-state index is 0.0816. The molecule has 0 bridgehead atoms. The second-order valence-electron chi connectivity index (χ2n) is 6.91. The van der Waals surface area contributed by atoms with Gasteiger partial charge in [-0.25, -0.2) is 4.68 Å². The summed E-state index contributed by atoms with van der Waals surface area (Å²) < 4.78 is 7.08. The molecule has 2 heterocycles. The zero-order chi connectivity index (χ0) is 19.5. The standard InChI is InChI=1S/C22H24N4O2/c1-17-11-12-23-26(17)20-5-3-18(4-6-20)22(27)25-15-13-24(14-16-25)19-7-9-21(28-2)10-8-19/h3-12H,13-16H2,1-2H3. The van der Waals surface area contributed by atoms with Gasteiger partial charge in [0.05, 0.1) is 12.8 Å². The number of benzene rings is 2. The molecule has 0 radical (unpaired) electrons. The van der Waals surface area contributed by atoms with E-state index in [2.05, 4.69) is 22.1 Å². The quantitative estimate of drug-likeness (QED) is 0.702. The fourth-order valence-corrected chi connectivity index (χ4v) is 3.53. The Labute approximate surface area is 164 Å². The summed E-state index contributed by atoms with van der Waals surface area (Å²) in [4.78, 5) is 17.1. The van der Waals surface area contributed by atoms with E-state index in [0.717, 1.165) is 35.9 Å². The number of methoxy groups -OCH3 is 1. The van der Waals surface area contributed by atoms with Crippen LogP contribution in [0.25, 0.3) is 5.69 Å². The first-order valence-corrected chi connectivity index (χ1v) is 9.45. The van der Waals surface area contributed by atoms with E-state index in [0.29, 0.717) is 18.7 Å². The minimum Gasteiger partial charge on any atom is -0.497 e. The molecule has 3 aromatic rings. The number of hydrogen-bond donors (Lipinski definition) is 0. The van der Waals surface area contributed by atoms with Crippen molar-refractivity contribution in [2.75, 3.05) is 38.2 Å². The molecule has 1 fully saturated rings. The number of piperazine rings is 1. The van der Waals surface area contributed by atoms with E-state index >= 15 is 0 Å². The summed E-state index contributed by atoms with van der Waals surface area (Å²) >= 11 is 0. The predicted octanol–water partition coefficient (Wildman–Crippen LogP) is 3.15. The predicted molar refractivity (Wildman–Crippen MR) is 109 cm³/mol. The van der Waals surface area contributed by atoms with E-state index in [9.17, 15) is 4.79 Å². The Kier molecular flexibility index (Phi) is 5.02. The van der Waals surface area contributed by atoms with Crippen LogP contribution in [0.1, 0.15) is 16.1 Å². The zero-order valence-electron chi connectivity index (χ0n) is 16.2. The second-order valence-corrected chi connectivity index (χ2v) is 6.91. The van der Waals surface area contributed by atoms with Gasteiger partial charge < -0.3 is 14.5 Å². The number of amides is 1. The van der Waals surface area contributed by atoms with Crippen LogP contribution in [-0.2, 0) is 0 Å². The molecule has 0 N–H and O–H groups in total. The fourth-order valence-electron chi connectivity index (χ4n) is 3.53. The average Bonchev–Trinajstić information content (AvgIpc) is 3.19. The largest absolute Gasteiger partial charge is 0.497 e. The maximum absolute atomic E-state index is 12.9. The van der Waals surface area contributed by atoms with Crippen molar-refractivity contribution in [3.8, 4) is 11.4 Å². The Bertz CT molecular complexity index is 939. The van der Waals surface area contributed by atoms with E-state index in [1.807, 2.05) is 59.0 Å². The van der Waals surface area contributed by atoms with Crippen LogP contribution in [0.3, 0.4) is 0 Å². The number of aryl methyl sites for hydroxylation is 1. The van der Waals surface area contributed by atoms with Gasteiger partial charge in [-0.05, 0) is 61.5 Å². The first-order chi connectivity index (χ1) is 13.7. The van der Waals surface area contributed by atoms with Crippen LogP contribution < -0.4 is 9.64 Å². The van der Waals surface area contributed by atoms with Crippen LogP contribution in [0.15, 0.2) is 60.8 Å². The van der Waals surface area contributed by atoms with E-state index in [1.54, 1.807) is 13.3 Å². The molecule has 28 heavy (non-hydrogen) atoms. The molecular weight excluding hydrogens is 352 g/mol. The Hall–Kier alpha value is -3.28. The van der Waals surface area contributed by atoms with Crippen molar-refractivity contribution in [3.63, 3.8) is 0 Å². The lowest BCUT2D eigenvalue weighted by molar-refractivity contribution is 0.0747. The van der Waals surface area contributed by atoms with Crippen LogP contribution in [-0.4, -0.2) is 53.9 Å². The van der Waals surface area contributed by atoms with Crippen molar-refractivity contribution in [1.29, 1.82) is 0 Å². The van der Waals surface area contributed by atoms with Crippen LogP contribution in [0.2, 0.25) is 0 Å². The number of aromatic nitrogens is 2. The van der Waals surface area contributed by atoms with Gasteiger partial charge in [-0.15, -0.1) is 0 Å². The maximum atomic E-state index is 12.9. The SMILES string of the molecule is COc1ccc(N2CCN(C(=O)c3ccc(-n4nccc4C)cc3)CC2)cc1. The molecule has 1 amide bonds. The number of ether oxygens (including phenoxy) is 1. The molecule has 0 saturated carbocycles. The molecule has 0 spiro atoms. The topological polar surface area (TPSA) is 50.6 Å². The molecule has 4 rings (SSSR count). The molecular formula is C22H24N4O2. The summed E-state index contributed by atoms with van der Waals surface area (Å²) in [6.07, 6.45) is 1.77. The lowest BCUT2D eigenvalue weighted by Crippen LogP contribution is -2.48. The average molecular weight is 376 g/mol. The zero-order valence-corrected chi connectivity index (χ0v) is 16.2. The number of rotatable bonds is 4. The van der Waals surface area contributed by atoms with Gasteiger partial charge in [0.2, 0.25) is 0 Å². The number of carbonyl (C=O) groups is 1. The molecule has 0 unspecified atom stereocenters. The molecule has 1 saturated heterocycles. The van der Waals surface area contributed by atoms with Crippen molar-refractivity contribution < 1.29 is 9.53 Å². The van der Waals surface area contributed by atoms with Crippen LogP contribution in [0.4, 0.5) is 5.69 Å². The highest BCUT2D eigenvalue weighted by atomic mass is 16.5. The lowest BCUT2D eigenvalue weighted by atomic mass is 10.1. The van der Waals surface area contributed by atoms with Crippen LogP contribution in [0.5, 0.6) is 5.75 Å². The minimum atomic E-state index is 0.0816. The summed E-state index contributed by atoms with van der Waals surface area (Å²) in [7, 11) is 1.67. The van der Waals surface area contributed by atoms with Crippen molar-refractivity contribution in [1.82, 2.24) is 14.7 Å². The van der Waals surface area contributed by atoms with Crippen molar-refractivity contribution in [2.45, 2.75) is 6.92 Å². The Morgan fingerprint density at radius 3 is 2.11 bits per heavy atom. The van der Waals surface area contributed by atoms with E-state index < -0.39 is 0 Å². The molecule has 6 nitrogen and oxygen atoms in total.